The van der Waals surface area contributed by atoms with E-state index >= 15 is 0 Å². The number of rotatable bonds is 3. The molecule has 0 bridgehead atoms. The Labute approximate surface area is 144 Å². The summed E-state index contributed by atoms with van der Waals surface area (Å²) in [7, 11) is 1.80. The number of alkyl halides is 3. The van der Waals surface area contributed by atoms with Crippen LogP contribution in [0.3, 0.4) is 0 Å². The van der Waals surface area contributed by atoms with Gasteiger partial charge in [-0.3, -0.25) is 9.48 Å². The average Bonchev–Trinajstić information content (AvgIpc) is 3.15. The van der Waals surface area contributed by atoms with Gasteiger partial charge in [0.25, 0.3) is 0 Å². The van der Waals surface area contributed by atoms with E-state index < -0.39 is 11.7 Å². The molecule has 1 aliphatic carbocycles. The van der Waals surface area contributed by atoms with Crippen molar-refractivity contribution >= 4 is 34.2 Å². The van der Waals surface area contributed by atoms with Crippen LogP contribution in [-0.4, -0.2) is 15.7 Å². The fourth-order valence-corrected chi connectivity index (χ4v) is 2.98. The fourth-order valence-electron chi connectivity index (χ4n) is 2.51. The zero-order valence-electron chi connectivity index (χ0n) is 12.1. The first-order chi connectivity index (χ1) is 10.8. The van der Waals surface area contributed by atoms with Crippen molar-refractivity contribution in [2.24, 2.45) is 13.0 Å². The second-order valence-corrected chi connectivity index (χ2v) is 6.74. The number of carbonyl (C=O) groups excluding carboxylic acids is 1. The van der Waals surface area contributed by atoms with Crippen molar-refractivity contribution in [2.45, 2.75) is 18.5 Å². The normalized spacial score (nSPS) is 20.4. The number of nitrogens with zero attached hydrogens (tertiary/aromatic N) is 2. The minimum atomic E-state index is -4.43. The number of benzene rings is 1. The molecule has 1 heterocycles. The van der Waals surface area contributed by atoms with Gasteiger partial charge in [-0.1, -0.05) is 0 Å². The van der Waals surface area contributed by atoms with Crippen molar-refractivity contribution in [3.05, 3.63) is 45.3 Å². The third kappa shape index (κ3) is 3.51. The van der Waals surface area contributed by atoms with E-state index in [1.165, 1.54) is 6.07 Å². The molecule has 4 nitrogen and oxygen atoms in total. The Hall–Kier alpha value is -1.58. The molecule has 1 aromatic carbocycles. The van der Waals surface area contributed by atoms with Crippen molar-refractivity contribution in [3.63, 3.8) is 0 Å². The average molecular weight is 435 g/mol. The molecule has 0 radical (unpaired) electrons. The fraction of sp³-hybridized carbons (Fsp3) is 0.333. The van der Waals surface area contributed by atoms with Crippen LogP contribution in [0, 0.1) is 9.49 Å². The van der Waals surface area contributed by atoms with Gasteiger partial charge < -0.3 is 5.32 Å². The van der Waals surface area contributed by atoms with Crippen molar-refractivity contribution in [1.82, 2.24) is 9.78 Å². The molecule has 0 aliphatic heterocycles. The summed E-state index contributed by atoms with van der Waals surface area (Å²) < 4.78 is 40.5. The molecular weight excluding hydrogens is 422 g/mol. The molecule has 3 rings (SSSR count). The predicted molar refractivity (Wildman–Crippen MR) is 86.8 cm³/mol. The maximum atomic E-state index is 12.8. The Morgan fingerprint density at radius 3 is 2.78 bits per heavy atom. The van der Waals surface area contributed by atoms with Gasteiger partial charge in [0.15, 0.2) is 0 Å². The summed E-state index contributed by atoms with van der Waals surface area (Å²) in [5.74, 6) is -0.382. The van der Waals surface area contributed by atoms with E-state index in [0.29, 0.717) is 9.99 Å². The maximum Gasteiger partial charge on any atom is 0.416 e. The lowest BCUT2D eigenvalue weighted by molar-refractivity contribution is -0.137. The zero-order valence-corrected chi connectivity index (χ0v) is 14.2. The van der Waals surface area contributed by atoms with Crippen LogP contribution >= 0.6 is 22.6 Å². The van der Waals surface area contributed by atoms with Gasteiger partial charge >= 0.3 is 6.18 Å². The van der Waals surface area contributed by atoms with Crippen LogP contribution in [0.1, 0.15) is 23.5 Å². The topological polar surface area (TPSA) is 46.9 Å². The summed E-state index contributed by atoms with van der Waals surface area (Å²) in [6, 6.07) is 3.33. The van der Waals surface area contributed by atoms with Gasteiger partial charge in [0, 0.05) is 22.7 Å². The minimum absolute atomic E-state index is 0.0900. The first-order valence-corrected chi connectivity index (χ1v) is 7.99. The van der Waals surface area contributed by atoms with E-state index in [1.807, 2.05) is 28.8 Å². The molecule has 122 valence electrons. The highest BCUT2D eigenvalue weighted by Gasteiger charge is 2.44. The van der Waals surface area contributed by atoms with E-state index in [-0.39, 0.29) is 23.4 Å². The van der Waals surface area contributed by atoms with Crippen molar-refractivity contribution < 1.29 is 18.0 Å². The molecule has 23 heavy (non-hydrogen) atoms. The van der Waals surface area contributed by atoms with Gasteiger partial charge in [0.1, 0.15) is 0 Å². The number of amides is 1. The summed E-state index contributed by atoms with van der Waals surface area (Å²) in [5.41, 5.74) is 0.404. The van der Waals surface area contributed by atoms with Gasteiger partial charge in [-0.25, -0.2) is 0 Å². The largest absolute Gasteiger partial charge is 0.416 e. The van der Waals surface area contributed by atoms with Gasteiger partial charge in [0.2, 0.25) is 5.91 Å². The lowest BCUT2D eigenvalue weighted by Crippen LogP contribution is -2.16. The summed E-state index contributed by atoms with van der Waals surface area (Å²) in [6.45, 7) is 0. The predicted octanol–water partition coefficient (Wildman–Crippen LogP) is 3.79. The molecule has 2 aromatic rings. The summed E-state index contributed by atoms with van der Waals surface area (Å²) >= 11 is 1.91. The van der Waals surface area contributed by atoms with Crippen molar-refractivity contribution in [3.8, 4) is 0 Å². The first-order valence-electron chi connectivity index (χ1n) is 6.92. The van der Waals surface area contributed by atoms with E-state index in [9.17, 15) is 18.0 Å². The Morgan fingerprint density at radius 2 is 2.17 bits per heavy atom. The lowest BCUT2D eigenvalue weighted by Gasteiger charge is -2.11. The molecule has 2 unspecified atom stereocenters. The van der Waals surface area contributed by atoms with E-state index in [2.05, 4.69) is 10.4 Å². The molecule has 0 spiro atoms. The van der Waals surface area contributed by atoms with Crippen LogP contribution in [0.5, 0.6) is 0 Å². The van der Waals surface area contributed by atoms with Crippen molar-refractivity contribution in [1.29, 1.82) is 0 Å². The SMILES string of the molecule is Cn1cc(C2CC2C(=O)Nc2cc(C(F)(F)F)ccc2I)cn1. The van der Waals surface area contributed by atoms with Gasteiger partial charge in [-0.15, -0.1) is 0 Å². The third-order valence-electron chi connectivity index (χ3n) is 3.83. The number of carbonyl (C=O) groups is 1. The summed E-state index contributed by atoms with van der Waals surface area (Å²) in [5, 5.41) is 6.68. The molecule has 1 amide bonds. The molecule has 8 heteroatoms. The van der Waals surface area contributed by atoms with E-state index in [0.717, 1.165) is 17.7 Å². The second-order valence-electron chi connectivity index (χ2n) is 5.58. The Morgan fingerprint density at radius 1 is 1.43 bits per heavy atom. The molecule has 0 saturated heterocycles. The monoisotopic (exact) mass is 435 g/mol. The highest BCUT2D eigenvalue weighted by Crippen LogP contribution is 2.48. The zero-order chi connectivity index (χ0) is 16.8. The van der Waals surface area contributed by atoms with Gasteiger partial charge in [0.05, 0.1) is 17.4 Å². The Balaban J connectivity index is 1.72. The first kappa shape index (κ1) is 16.3. The van der Waals surface area contributed by atoms with Crippen LogP contribution < -0.4 is 5.32 Å². The maximum absolute atomic E-state index is 12.8. The molecule has 1 fully saturated rings. The van der Waals surface area contributed by atoms with Crippen LogP contribution in [0.25, 0.3) is 0 Å². The molecule has 1 aliphatic rings. The third-order valence-corrected chi connectivity index (χ3v) is 4.77. The summed E-state index contributed by atoms with van der Waals surface area (Å²) in [6.07, 6.45) is -0.174. The van der Waals surface area contributed by atoms with Crippen LogP contribution in [0.2, 0.25) is 0 Å². The van der Waals surface area contributed by atoms with Crippen LogP contribution in [-0.2, 0) is 18.0 Å². The number of hydrogen-bond donors (Lipinski definition) is 1. The number of nitrogens with one attached hydrogen (secondary N) is 1. The number of aromatic nitrogens is 2. The number of anilines is 1. The van der Waals surface area contributed by atoms with E-state index in [4.69, 9.17) is 0 Å². The Kier molecular flexibility index (Phi) is 4.11. The molecule has 1 aromatic heterocycles. The Bertz CT molecular complexity index is 757. The van der Waals surface area contributed by atoms with Crippen LogP contribution in [0.4, 0.5) is 18.9 Å². The summed E-state index contributed by atoms with van der Waals surface area (Å²) in [4.78, 5) is 12.3. The second kappa shape index (κ2) is 5.81. The molecule has 1 N–H and O–H groups in total. The van der Waals surface area contributed by atoms with Gasteiger partial charge in [-0.2, -0.15) is 18.3 Å². The lowest BCUT2D eigenvalue weighted by atomic mass is 10.1. The molecule has 2 atom stereocenters. The smallest absolute Gasteiger partial charge is 0.325 e. The highest BCUT2D eigenvalue weighted by molar-refractivity contribution is 14.1. The highest BCUT2D eigenvalue weighted by atomic mass is 127. The standard InChI is InChI=1S/C15H13F3IN3O/c1-22-7-8(6-20-22)10-5-11(10)14(23)21-13-4-9(15(16,17)18)2-3-12(13)19/h2-4,6-7,10-11H,5H2,1H3,(H,21,23). The number of halogens is 4. The molecular formula is C15H13F3IN3O. The quantitative estimate of drug-likeness (QED) is 0.747. The number of hydrogen-bond acceptors (Lipinski definition) is 2. The molecule has 1 saturated carbocycles. The van der Waals surface area contributed by atoms with Crippen molar-refractivity contribution in [2.75, 3.05) is 5.32 Å². The number of aryl methyl sites for hydroxylation is 1. The van der Waals surface area contributed by atoms with E-state index in [1.54, 1.807) is 17.9 Å². The minimum Gasteiger partial charge on any atom is -0.325 e. The van der Waals surface area contributed by atoms with Crippen LogP contribution in [0.15, 0.2) is 30.6 Å². The van der Waals surface area contributed by atoms with Gasteiger partial charge in [-0.05, 0) is 58.7 Å².